The second kappa shape index (κ2) is 7.15. The number of nitrogens with one attached hydrogen (secondary N) is 1. The average Bonchev–Trinajstić information content (AvgIpc) is 2.91. The van der Waals surface area contributed by atoms with Crippen molar-refractivity contribution in [2.24, 2.45) is 0 Å². The van der Waals surface area contributed by atoms with Crippen LogP contribution in [0.5, 0.6) is 0 Å². The molecule has 0 bridgehead atoms. The van der Waals surface area contributed by atoms with Gasteiger partial charge in [0.2, 0.25) is 0 Å². The van der Waals surface area contributed by atoms with Gasteiger partial charge in [-0.05, 0) is 57.2 Å². The molecule has 0 spiro atoms. The Labute approximate surface area is 157 Å². The smallest absolute Gasteiger partial charge is 0.326 e. The van der Waals surface area contributed by atoms with Gasteiger partial charge >= 0.3 is 5.97 Å². The third kappa shape index (κ3) is 4.47. The summed E-state index contributed by atoms with van der Waals surface area (Å²) in [5.74, 6) is -0.717. The Morgan fingerprint density at radius 2 is 1.78 bits per heavy atom. The first-order valence-corrected chi connectivity index (χ1v) is 8.70. The van der Waals surface area contributed by atoms with Gasteiger partial charge in [0.1, 0.15) is 17.8 Å². The summed E-state index contributed by atoms with van der Waals surface area (Å²) in [4.78, 5) is 25.2. The molecule has 27 heavy (non-hydrogen) atoms. The number of fused-ring (bicyclic) bond motifs is 1. The molecule has 140 valence electrons. The Balaban J connectivity index is 1.98. The lowest BCUT2D eigenvalue weighted by Gasteiger charge is -2.20. The number of hydrogen-bond acceptors (Lipinski definition) is 4. The van der Waals surface area contributed by atoms with E-state index in [9.17, 15) is 9.59 Å². The van der Waals surface area contributed by atoms with E-state index in [1.54, 1.807) is 41.0 Å². The SMILES string of the molecule is CC(C)(C)OC(=O)Cn1c(C(=O)Nc2ccccc2)cc2cc(N)ccc21. The number of nitrogens with zero attached hydrogens (tertiary/aromatic N) is 1. The number of hydrogen-bond donors (Lipinski definition) is 2. The summed E-state index contributed by atoms with van der Waals surface area (Å²) in [5.41, 5.74) is 7.64. The molecular weight excluding hydrogens is 342 g/mol. The minimum Gasteiger partial charge on any atom is -0.459 e. The van der Waals surface area contributed by atoms with Gasteiger partial charge in [-0.2, -0.15) is 0 Å². The number of rotatable bonds is 4. The number of amides is 1. The average molecular weight is 365 g/mol. The van der Waals surface area contributed by atoms with Crippen LogP contribution in [0.15, 0.2) is 54.6 Å². The van der Waals surface area contributed by atoms with Crippen LogP contribution in [0.2, 0.25) is 0 Å². The fourth-order valence-corrected chi connectivity index (χ4v) is 2.87. The molecule has 0 unspecified atom stereocenters. The second-order valence-corrected chi connectivity index (χ2v) is 7.34. The van der Waals surface area contributed by atoms with Crippen molar-refractivity contribution in [1.29, 1.82) is 0 Å². The molecule has 3 rings (SSSR count). The van der Waals surface area contributed by atoms with Crippen molar-refractivity contribution < 1.29 is 14.3 Å². The zero-order valence-corrected chi connectivity index (χ0v) is 15.7. The van der Waals surface area contributed by atoms with Crippen molar-refractivity contribution >= 4 is 34.2 Å². The molecule has 0 aliphatic rings. The summed E-state index contributed by atoms with van der Waals surface area (Å²) in [7, 11) is 0. The van der Waals surface area contributed by atoms with Crippen molar-refractivity contribution in [2.75, 3.05) is 11.1 Å². The lowest BCUT2D eigenvalue weighted by molar-refractivity contribution is -0.155. The monoisotopic (exact) mass is 365 g/mol. The number of para-hydroxylation sites is 1. The standard InChI is InChI=1S/C21H23N3O3/c1-21(2,3)27-19(25)13-24-17-10-9-15(22)11-14(17)12-18(24)20(26)23-16-7-5-4-6-8-16/h4-12H,13,22H2,1-3H3,(H,23,26). The molecule has 1 heterocycles. The fraction of sp³-hybridized carbons (Fsp3) is 0.238. The first-order chi connectivity index (χ1) is 12.7. The van der Waals surface area contributed by atoms with Gasteiger partial charge in [-0.3, -0.25) is 9.59 Å². The number of nitrogen functional groups attached to an aromatic ring is 1. The molecule has 0 aliphatic heterocycles. The maximum Gasteiger partial charge on any atom is 0.326 e. The van der Waals surface area contributed by atoms with Crippen LogP contribution in [-0.2, 0) is 16.1 Å². The summed E-state index contributed by atoms with van der Waals surface area (Å²) in [5, 5.41) is 3.64. The second-order valence-electron chi connectivity index (χ2n) is 7.34. The number of anilines is 2. The van der Waals surface area contributed by atoms with Crippen molar-refractivity contribution in [2.45, 2.75) is 32.9 Å². The predicted octanol–water partition coefficient (Wildman–Crippen LogP) is 3.82. The zero-order chi connectivity index (χ0) is 19.6. The molecule has 0 saturated heterocycles. The first kappa shape index (κ1) is 18.5. The Kier molecular flexibility index (Phi) is 4.90. The number of carbonyl (C=O) groups is 2. The van der Waals surface area contributed by atoms with Crippen LogP contribution in [0.4, 0.5) is 11.4 Å². The van der Waals surface area contributed by atoms with E-state index in [2.05, 4.69) is 5.32 Å². The summed E-state index contributed by atoms with van der Waals surface area (Å²) >= 11 is 0. The molecular formula is C21H23N3O3. The van der Waals surface area contributed by atoms with E-state index in [0.29, 0.717) is 17.1 Å². The molecule has 1 aromatic heterocycles. The number of carbonyl (C=O) groups excluding carboxylic acids is 2. The largest absolute Gasteiger partial charge is 0.459 e. The van der Waals surface area contributed by atoms with E-state index in [-0.39, 0.29) is 12.5 Å². The molecule has 3 N–H and O–H groups in total. The first-order valence-electron chi connectivity index (χ1n) is 8.70. The molecule has 0 atom stereocenters. The number of aromatic nitrogens is 1. The van der Waals surface area contributed by atoms with E-state index >= 15 is 0 Å². The molecule has 6 nitrogen and oxygen atoms in total. The molecule has 0 fully saturated rings. The minimum absolute atomic E-state index is 0.0672. The van der Waals surface area contributed by atoms with Crippen molar-refractivity contribution in [3.8, 4) is 0 Å². The molecule has 6 heteroatoms. The Morgan fingerprint density at radius 3 is 2.44 bits per heavy atom. The molecule has 0 radical (unpaired) electrons. The van der Waals surface area contributed by atoms with Gasteiger partial charge < -0.3 is 20.4 Å². The van der Waals surface area contributed by atoms with Gasteiger partial charge in [-0.15, -0.1) is 0 Å². The highest BCUT2D eigenvalue weighted by molar-refractivity contribution is 6.07. The maximum atomic E-state index is 12.8. The highest BCUT2D eigenvalue weighted by Gasteiger charge is 2.21. The van der Waals surface area contributed by atoms with Gasteiger partial charge in [0, 0.05) is 22.3 Å². The van der Waals surface area contributed by atoms with Gasteiger partial charge in [0.05, 0.1) is 0 Å². The van der Waals surface area contributed by atoms with Crippen LogP contribution in [-0.4, -0.2) is 22.0 Å². The molecule has 1 amide bonds. The summed E-state index contributed by atoms with van der Waals surface area (Å²) in [6.45, 7) is 5.36. The summed E-state index contributed by atoms with van der Waals surface area (Å²) in [6, 6.07) is 16.2. The Bertz CT molecular complexity index is 985. The van der Waals surface area contributed by atoms with E-state index in [4.69, 9.17) is 10.5 Å². The van der Waals surface area contributed by atoms with E-state index in [1.165, 1.54) is 0 Å². The number of benzene rings is 2. The number of ether oxygens (including phenoxy) is 1. The zero-order valence-electron chi connectivity index (χ0n) is 15.7. The minimum atomic E-state index is -0.600. The third-order valence-electron chi connectivity index (χ3n) is 3.90. The van der Waals surface area contributed by atoms with Gasteiger partial charge in [-0.1, -0.05) is 18.2 Å². The van der Waals surface area contributed by atoms with Crippen LogP contribution in [0.25, 0.3) is 10.9 Å². The van der Waals surface area contributed by atoms with Crippen LogP contribution < -0.4 is 11.1 Å². The predicted molar refractivity (Wildman–Crippen MR) is 107 cm³/mol. The van der Waals surface area contributed by atoms with Crippen molar-refractivity contribution in [3.05, 3.63) is 60.3 Å². The van der Waals surface area contributed by atoms with Crippen LogP contribution in [0.1, 0.15) is 31.3 Å². The Hall–Kier alpha value is -3.28. The third-order valence-corrected chi connectivity index (χ3v) is 3.90. The van der Waals surface area contributed by atoms with Gasteiger partial charge in [-0.25, -0.2) is 0 Å². The summed E-state index contributed by atoms with van der Waals surface area (Å²) < 4.78 is 7.07. The molecule has 0 saturated carbocycles. The normalized spacial score (nSPS) is 11.4. The molecule has 3 aromatic rings. The van der Waals surface area contributed by atoms with Crippen LogP contribution in [0.3, 0.4) is 0 Å². The van der Waals surface area contributed by atoms with Gasteiger partial charge in [0.15, 0.2) is 0 Å². The summed E-state index contributed by atoms with van der Waals surface area (Å²) in [6.07, 6.45) is 0. The lowest BCUT2D eigenvalue weighted by atomic mass is 10.2. The highest BCUT2D eigenvalue weighted by atomic mass is 16.6. The van der Waals surface area contributed by atoms with E-state index in [0.717, 1.165) is 10.9 Å². The van der Waals surface area contributed by atoms with Crippen LogP contribution in [0, 0.1) is 0 Å². The molecule has 0 aliphatic carbocycles. The quantitative estimate of drug-likeness (QED) is 0.544. The number of esters is 1. The molecule has 2 aromatic carbocycles. The van der Waals surface area contributed by atoms with Crippen LogP contribution >= 0.6 is 0 Å². The van der Waals surface area contributed by atoms with E-state index < -0.39 is 11.6 Å². The van der Waals surface area contributed by atoms with Crippen molar-refractivity contribution in [1.82, 2.24) is 4.57 Å². The number of nitrogens with two attached hydrogens (primary N) is 1. The van der Waals surface area contributed by atoms with Gasteiger partial charge in [0.25, 0.3) is 5.91 Å². The maximum absolute atomic E-state index is 12.8. The Morgan fingerprint density at radius 1 is 1.07 bits per heavy atom. The highest BCUT2D eigenvalue weighted by Crippen LogP contribution is 2.24. The van der Waals surface area contributed by atoms with Crippen molar-refractivity contribution in [3.63, 3.8) is 0 Å². The topological polar surface area (TPSA) is 86.3 Å². The fourth-order valence-electron chi connectivity index (χ4n) is 2.87. The lowest BCUT2D eigenvalue weighted by Crippen LogP contribution is -2.28. The van der Waals surface area contributed by atoms with E-state index in [1.807, 2.05) is 39.0 Å².